The van der Waals surface area contributed by atoms with Gasteiger partial charge >= 0.3 is 0 Å². The highest BCUT2D eigenvalue weighted by Gasteiger charge is 2.48. The first-order valence-corrected chi connectivity index (χ1v) is 11.3. The summed E-state index contributed by atoms with van der Waals surface area (Å²) in [7, 11) is 1.68. The van der Waals surface area contributed by atoms with Crippen molar-refractivity contribution in [1.29, 1.82) is 0 Å². The number of hydrogen-bond acceptors (Lipinski definition) is 4. The zero-order chi connectivity index (χ0) is 19.4. The van der Waals surface area contributed by atoms with Gasteiger partial charge in [-0.05, 0) is 50.3 Å². The first-order valence-electron chi connectivity index (χ1n) is 11.3. The van der Waals surface area contributed by atoms with E-state index in [9.17, 15) is 4.79 Å². The third-order valence-corrected chi connectivity index (χ3v) is 7.17. The van der Waals surface area contributed by atoms with Crippen LogP contribution >= 0.6 is 0 Å². The molecule has 3 fully saturated rings. The van der Waals surface area contributed by atoms with Gasteiger partial charge in [0.1, 0.15) is 18.1 Å². The first-order chi connectivity index (χ1) is 13.7. The monoisotopic (exact) mass is 388 g/mol. The largest absolute Gasteiger partial charge is 0.462 e. The number of nitrogens with zero attached hydrogens (tertiary/aromatic N) is 2. The molecule has 28 heavy (non-hydrogen) atoms. The second-order valence-corrected chi connectivity index (χ2v) is 9.23. The summed E-state index contributed by atoms with van der Waals surface area (Å²) in [5.41, 5.74) is -0.146. The van der Waals surface area contributed by atoms with Gasteiger partial charge in [0.2, 0.25) is 5.91 Å². The van der Waals surface area contributed by atoms with Crippen molar-refractivity contribution in [3.05, 3.63) is 23.7 Å². The van der Waals surface area contributed by atoms with Crippen LogP contribution in [0.15, 0.2) is 16.5 Å². The van der Waals surface area contributed by atoms with Crippen molar-refractivity contribution in [2.24, 2.45) is 11.3 Å². The molecule has 2 aliphatic heterocycles. The zero-order valence-electron chi connectivity index (χ0n) is 17.5. The summed E-state index contributed by atoms with van der Waals surface area (Å²) in [6, 6.07) is 4.03. The number of furan rings is 1. The average molecular weight is 389 g/mol. The summed E-state index contributed by atoms with van der Waals surface area (Å²) in [4.78, 5) is 18.0. The van der Waals surface area contributed by atoms with Crippen LogP contribution in [-0.4, -0.2) is 49.0 Å². The smallest absolute Gasteiger partial charge is 0.230 e. The molecule has 0 radical (unpaired) electrons. The molecule has 4 rings (SSSR count). The van der Waals surface area contributed by atoms with Gasteiger partial charge in [-0.3, -0.25) is 9.69 Å². The van der Waals surface area contributed by atoms with E-state index in [2.05, 4.69) is 9.80 Å². The van der Waals surface area contributed by atoms with Gasteiger partial charge in [0.25, 0.3) is 0 Å². The van der Waals surface area contributed by atoms with E-state index in [1.165, 1.54) is 38.5 Å². The number of ether oxygens (including phenoxy) is 1. The second kappa shape index (κ2) is 9.00. The Morgan fingerprint density at radius 1 is 1.11 bits per heavy atom. The molecule has 3 aliphatic rings. The molecule has 1 aliphatic carbocycles. The summed E-state index contributed by atoms with van der Waals surface area (Å²) >= 11 is 0. The highest BCUT2D eigenvalue weighted by Crippen LogP contribution is 2.41. The van der Waals surface area contributed by atoms with Crippen molar-refractivity contribution in [3.63, 3.8) is 0 Å². The Balaban J connectivity index is 1.31. The number of carbonyl (C=O) groups excluding carboxylic acids is 1. The van der Waals surface area contributed by atoms with Crippen LogP contribution in [0.4, 0.5) is 0 Å². The molecule has 1 atom stereocenters. The lowest BCUT2D eigenvalue weighted by Gasteiger charge is -2.40. The molecule has 1 saturated carbocycles. The van der Waals surface area contributed by atoms with Gasteiger partial charge in [-0.15, -0.1) is 0 Å². The Hall–Kier alpha value is -1.33. The molecule has 1 aromatic rings. The predicted molar refractivity (Wildman–Crippen MR) is 109 cm³/mol. The summed E-state index contributed by atoms with van der Waals surface area (Å²) in [6.07, 6.45) is 11.3. The predicted octanol–water partition coefficient (Wildman–Crippen LogP) is 4.21. The first kappa shape index (κ1) is 20.0. The number of likely N-dealkylation sites (tertiary alicyclic amines) is 2. The number of amides is 1. The maximum atomic E-state index is 13.4. The number of hydrogen-bond donors (Lipinski definition) is 0. The number of methoxy groups -OCH3 is 1. The van der Waals surface area contributed by atoms with Gasteiger partial charge in [0, 0.05) is 26.7 Å². The number of rotatable bonds is 7. The molecular formula is C23H36N2O3. The van der Waals surface area contributed by atoms with Crippen LogP contribution in [0.5, 0.6) is 0 Å². The van der Waals surface area contributed by atoms with Crippen molar-refractivity contribution >= 4 is 5.91 Å². The fraction of sp³-hybridized carbons (Fsp3) is 0.783. The van der Waals surface area contributed by atoms with E-state index in [0.29, 0.717) is 12.5 Å². The fourth-order valence-electron chi connectivity index (χ4n) is 5.60. The molecule has 0 bridgehead atoms. The minimum absolute atomic E-state index is 0.146. The maximum absolute atomic E-state index is 13.4. The van der Waals surface area contributed by atoms with E-state index in [1.807, 2.05) is 12.1 Å². The van der Waals surface area contributed by atoms with E-state index in [0.717, 1.165) is 69.4 Å². The van der Waals surface area contributed by atoms with Crippen LogP contribution in [0.1, 0.15) is 69.3 Å². The molecule has 0 N–H and O–H groups in total. The Morgan fingerprint density at radius 3 is 2.75 bits per heavy atom. The van der Waals surface area contributed by atoms with Gasteiger partial charge in [0.05, 0.1) is 12.0 Å². The third kappa shape index (κ3) is 4.46. The van der Waals surface area contributed by atoms with Gasteiger partial charge in [-0.1, -0.05) is 32.1 Å². The molecule has 1 aromatic heterocycles. The molecule has 5 nitrogen and oxygen atoms in total. The molecule has 156 valence electrons. The van der Waals surface area contributed by atoms with Crippen molar-refractivity contribution < 1.29 is 13.9 Å². The normalized spacial score (nSPS) is 27.2. The minimum Gasteiger partial charge on any atom is -0.462 e. The van der Waals surface area contributed by atoms with Crippen LogP contribution in [0, 0.1) is 11.3 Å². The zero-order valence-corrected chi connectivity index (χ0v) is 17.5. The topological polar surface area (TPSA) is 45.9 Å². The second-order valence-electron chi connectivity index (χ2n) is 9.23. The summed E-state index contributed by atoms with van der Waals surface area (Å²) < 4.78 is 11.0. The van der Waals surface area contributed by atoms with E-state index < -0.39 is 0 Å². The molecular weight excluding hydrogens is 352 g/mol. The Kier molecular flexibility index (Phi) is 6.42. The van der Waals surface area contributed by atoms with Crippen molar-refractivity contribution in [1.82, 2.24) is 9.80 Å². The van der Waals surface area contributed by atoms with Gasteiger partial charge in [0.15, 0.2) is 0 Å². The Morgan fingerprint density at radius 2 is 1.93 bits per heavy atom. The van der Waals surface area contributed by atoms with E-state index in [1.54, 1.807) is 7.11 Å². The van der Waals surface area contributed by atoms with Crippen LogP contribution in [0.2, 0.25) is 0 Å². The third-order valence-electron chi connectivity index (χ3n) is 7.17. The molecule has 2 saturated heterocycles. The highest BCUT2D eigenvalue weighted by molar-refractivity contribution is 5.84. The fourth-order valence-corrected chi connectivity index (χ4v) is 5.60. The van der Waals surface area contributed by atoms with Crippen molar-refractivity contribution in [3.8, 4) is 0 Å². The average Bonchev–Trinajstić information content (AvgIpc) is 3.32. The van der Waals surface area contributed by atoms with Crippen LogP contribution in [0.25, 0.3) is 0 Å². The quantitative estimate of drug-likeness (QED) is 0.702. The lowest BCUT2D eigenvalue weighted by atomic mass is 9.78. The van der Waals surface area contributed by atoms with E-state index in [-0.39, 0.29) is 5.41 Å². The number of carbonyl (C=O) groups is 1. The number of piperidine rings is 1. The lowest BCUT2D eigenvalue weighted by Crippen LogP contribution is -2.50. The SMILES string of the molecule is COCc1ccc(CN2CCC3(CCCN(CCC4CCCCC4)C3=O)C2)o1. The van der Waals surface area contributed by atoms with Crippen LogP contribution < -0.4 is 0 Å². The van der Waals surface area contributed by atoms with E-state index >= 15 is 0 Å². The lowest BCUT2D eigenvalue weighted by molar-refractivity contribution is -0.145. The Bertz CT molecular complexity index is 652. The van der Waals surface area contributed by atoms with Crippen LogP contribution in [0.3, 0.4) is 0 Å². The highest BCUT2D eigenvalue weighted by atomic mass is 16.5. The Labute approximate surface area is 169 Å². The molecule has 5 heteroatoms. The molecule has 1 unspecified atom stereocenters. The van der Waals surface area contributed by atoms with Gasteiger partial charge in [-0.2, -0.15) is 0 Å². The summed E-state index contributed by atoms with van der Waals surface area (Å²) in [5, 5.41) is 0. The molecule has 3 heterocycles. The van der Waals surface area contributed by atoms with Crippen molar-refractivity contribution in [2.75, 3.05) is 33.3 Å². The minimum atomic E-state index is -0.146. The molecule has 0 aromatic carbocycles. The molecule has 1 amide bonds. The van der Waals surface area contributed by atoms with Crippen molar-refractivity contribution in [2.45, 2.75) is 70.9 Å². The van der Waals surface area contributed by atoms with Gasteiger partial charge < -0.3 is 14.1 Å². The summed E-state index contributed by atoms with van der Waals surface area (Å²) in [6.45, 7) is 5.11. The van der Waals surface area contributed by atoms with Crippen LogP contribution in [-0.2, 0) is 22.7 Å². The maximum Gasteiger partial charge on any atom is 0.230 e. The van der Waals surface area contributed by atoms with Gasteiger partial charge in [-0.25, -0.2) is 0 Å². The molecule has 1 spiro atoms. The summed E-state index contributed by atoms with van der Waals surface area (Å²) in [5.74, 6) is 3.12. The standard InChI is InChI=1S/C23H36N2O3/c1-27-17-21-9-8-20(28-21)16-24-15-12-23(18-24)11-5-13-25(22(23)26)14-10-19-6-3-2-4-7-19/h8-9,19H,2-7,10-18H2,1H3. The van der Waals surface area contributed by atoms with E-state index in [4.69, 9.17) is 9.15 Å².